The molecular weight excluding hydrogens is 300 g/mol. The molecule has 0 aromatic heterocycles. The lowest BCUT2D eigenvalue weighted by Crippen LogP contribution is -2.29. The number of anilines is 1. The molecule has 2 N–H and O–H groups in total. The molecule has 0 atom stereocenters. The van der Waals surface area contributed by atoms with Gasteiger partial charge in [-0.05, 0) is 54.8 Å². The molecule has 2 aromatic carbocycles. The summed E-state index contributed by atoms with van der Waals surface area (Å²) in [6.45, 7) is 0.617. The second-order valence-electron chi connectivity index (χ2n) is 4.84. The van der Waals surface area contributed by atoms with Gasteiger partial charge in [-0.3, -0.25) is 0 Å². The Labute approximate surface area is 135 Å². The Kier molecular flexibility index (Phi) is 6.10. The Balaban J connectivity index is 1.67. The van der Waals surface area contributed by atoms with Crippen LogP contribution in [0, 0.1) is 0 Å². The predicted octanol–water partition coefficient (Wildman–Crippen LogP) is 4.10. The minimum absolute atomic E-state index is 0.211. The molecular formula is C17H19ClN2O2. The molecule has 0 aliphatic heterocycles. The standard InChI is InChI=1S/C17H19ClN2O2/c1-22-16-10-4-13(5-11-16)3-2-12-19-17(21)20-15-8-6-14(18)7-9-15/h4-11H,2-3,12H2,1H3,(H2,19,20,21). The SMILES string of the molecule is COc1ccc(CCCNC(=O)Nc2ccc(Cl)cc2)cc1. The molecule has 0 heterocycles. The zero-order valence-corrected chi connectivity index (χ0v) is 13.2. The van der Waals surface area contributed by atoms with Crippen molar-refractivity contribution in [2.24, 2.45) is 0 Å². The highest BCUT2D eigenvalue weighted by atomic mass is 35.5. The van der Waals surface area contributed by atoms with E-state index < -0.39 is 0 Å². The molecule has 0 spiro atoms. The second kappa shape index (κ2) is 8.29. The molecule has 0 fully saturated rings. The van der Waals surface area contributed by atoms with Crippen LogP contribution in [0.2, 0.25) is 5.02 Å². The van der Waals surface area contributed by atoms with Crippen LogP contribution in [0.5, 0.6) is 5.75 Å². The van der Waals surface area contributed by atoms with Gasteiger partial charge in [0.1, 0.15) is 5.75 Å². The highest BCUT2D eigenvalue weighted by molar-refractivity contribution is 6.30. The van der Waals surface area contributed by atoms with Crippen molar-refractivity contribution in [3.8, 4) is 5.75 Å². The molecule has 22 heavy (non-hydrogen) atoms. The molecule has 0 aliphatic rings. The van der Waals surface area contributed by atoms with E-state index in [0.29, 0.717) is 11.6 Å². The molecule has 0 saturated heterocycles. The predicted molar refractivity (Wildman–Crippen MR) is 89.8 cm³/mol. The summed E-state index contributed by atoms with van der Waals surface area (Å²) in [6.07, 6.45) is 1.78. The summed E-state index contributed by atoms with van der Waals surface area (Å²) >= 11 is 5.79. The number of nitrogens with one attached hydrogen (secondary N) is 2. The van der Waals surface area contributed by atoms with Crippen molar-refractivity contribution < 1.29 is 9.53 Å². The Morgan fingerprint density at radius 2 is 1.77 bits per heavy atom. The third kappa shape index (κ3) is 5.30. The second-order valence-corrected chi connectivity index (χ2v) is 5.28. The maximum absolute atomic E-state index is 11.7. The van der Waals surface area contributed by atoms with Gasteiger partial charge in [0.2, 0.25) is 0 Å². The summed E-state index contributed by atoms with van der Waals surface area (Å²) in [6, 6.07) is 14.7. The first kappa shape index (κ1) is 16.2. The number of methoxy groups -OCH3 is 1. The van der Waals surface area contributed by atoms with E-state index in [1.165, 1.54) is 5.56 Å². The normalized spacial score (nSPS) is 10.1. The van der Waals surface area contributed by atoms with E-state index in [1.54, 1.807) is 31.4 Å². The highest BCUT2D eigenvalue weighted by Crippen LogP contribution is 2.13. The number of ether oxygens (including phenoxy) is 1. The molecule has 0 radical (unpaired) electrons. The molecule has 0 unspecified atom stereocenters. The van der Waals surface area contributed by atoms with E-state index in [4.69, 9.17) is 16.3 Å². The van der Waals surface area contributed by atoms with Gasteiger partial charge in [0.15, 0.2) is 0 Å². The van der Waals surface area contributed by atoms with Crippen molar-refractivity contribution in [1.82, 2.24) is 5.32 Å². The zero-order chi connectivity index (χ0) is 15.8. The molecule has 0 saturated carbocycles. The van der Waals surface area contributed by atoms with Gasteiger partial charge in [0, 0.05) is 17.3 Å². The van der Waals surface area contributed by atoms with Crippen LogP contribution in [0.4, 0.5) is 10.5 Å². The van der Waals surface area contributed by atoms with Crippen LogP contribution in [0.25, 0.3) is 0 Å². The maximum Gasteiger partial charge on any atom is 0.319 e. The lowest BCUT2D eigenvalue weighted by atomic mass is 10.1. The minimum atomic E-state index is -0.211. The fourth-order valence-corrected chi connectivity index (χ4v) is 2.12. The number of urea groups is 1. The van der Waals surface area contributed by atoms with Gasteiger partial charge in [-0.15, -0.1) is 0 Å². The fourth-order valence-electron chi connectivity index (χ4n) is 2.00. The van der Waals surface area contributed by atoms with Crippen LogP contribution in [-0.2, 0) is 6.42 Å². The number of halogens is 1. The van der Waals surface area contributed by atoms with Crippen molar-refractivity contribution in [2.45, 2.75) is 12.8 Å². The third-order valence-corrected chi connectivity index (χ3v) is 3.44. The van der Waals surface area contributed by atoms with Gasteiger partial charge in [-0.1, -0.05) is 23.7 Å². The number of carbonyl (C=O) groups excluding carboxylic acids is 1. The lowest BCUT2D eigenvalue weighted by Gasteiger charge is -2.08. The molecule has 4 nitrogen and oxygen atoms in total. The first-order valence-corrected chi connectivity index (χ1v) is 7.48. The quantitative estimate of drug-likeness (QED) is 0.788. The summed E-state index contributed by atoms with van der Waals surface area (Å²) in [5.74, 6) is 0.851. The van der Waals surface area contributed by atoms with Gasteiger partial charge in [-0.2, -0.15) is 0 Å². The van der Waals surface area contributed by atoms with Crippen LogP contribution in [0.15, 0.2) is 48.5 Å². The summed E-state index contributed by atoms with van der Waals surface area (Å²) in [4.78, 5) is 11.7. The summed E-state index contributed by atoms with van der Waals surface area (Å²) in [5, 5.41) is 6.23. The molecule has 2 aromatic rings. The first-order valence-electron chi connectivity index (χ1n) is 7.11. The molecule has 0 aliphatic carbocycles. The van der Waals surface area contributed by atoms with E-state index in [2.05, 4.69) is 10.6 Å². The van der Waals surface area contributed by atoms with Gasteiger partial charge >= 0.3 is 6.03 Å². The Hall–Kier alpha value is -2.20. The van der Waals surface area contributed by atoms with E-state index in [-0.39, 0.29) is 6.03 Å². The molecule has 5 heteroatoms. The van der Waals surface area contributed by atoms with Gasteiger partial charge in [0.25, 0.3) is 0 Å². The van der Waals surface area contributed by atoms with Crippen LogP contribution in [0.1, 0.15) is 12.0 Å². The van der Waals surface area contributed by atoms with E-state index in [0.717, 1.165) is 24.3 Å². The maximum atomic E-state index is 11.7. The average molecular weight is 319 g/mol. The molecule has 0 bridgehead atoms. The zero-order valence-electron chi connectivity index (χ0n) is 12.4. The fraction of sp³-hybridized carbons (Fsp3) is 0.235. The summed E-state index contributed by atoms with van der Waals surface area (Å²) in [7, 11) is 1.65. The number of benzene rings is 2. The number of carbonyl (C=O) groups is 1. The van der Waals surface area contributed by atoms with Crippen LogP contribution in [0.3, 0.4) is 0 Å². The third-order valence-electron chi connectivity index (χ3n) is 3.19. The first-order chi connectivity index (χ1) is 10.7. The van der Waals surface area contributed by atoms with Crippen LogP contribution < -0.4 is 15.4 Å². The van der Waals surface area contributed by atoms with E-state index in [9.17, 15) is 4.79 Å². The van der Waals surface area contributed by atoms with E-state index >= 15 is 0 Å². The van der Waals surface area contributed by atoms with Gasteiger partial charge in [-0.25, -0.2) is 4.79 Å². The van der Waals surface area contributed by atoms with Crippen molar-refractivity contribution in [3.63, 3.8) is 0 Å². The Morgan fingerprint density at radius 3 is 2.41 bits per heavy atom. The largest absolute Gasteiger partial charge is 0.497 e. The highest BCUT2D eigenvalue weighted by Gasteiger charge is 2.01. The topological polar surface area (TPSA) is 50.4 Å². The number of amides is 2. The van der Waals surface area contributed by atoms with Crippen molar-refractivity contribution in [1.29, 1.82) is 0 Å². The van der Waals surface area contributed by atoms with Crippen molar-refractivity contribution in [3.05, 3.63) is 59.1 Å². The monoisotopic (exact) mass is 318 g/mol. The number of aryl methyl sites for hydroxylation is 1. The number of hydrogen-bond donors (Lipinski definition) is 2. The summed E-state index contributed by atoms with van der Waals surface area (Å²) in [5.41, 5.74) is 1.94. The molecule has 2 rings (SSSR count). The number of rotatable bonds is 6. The van der Waals surface area contributed by atoms with Gasteiger partial charge < -0.3 is 15.4 Å². The van der Waals surface area contributed by atoms with Gasteiger partial charge in [0.05, 0.1) is 7.11 Å². The average Bonchev–Trinajstić information content (AvgIpc) is 2.54. The van der Waals surface area contributed by atoms with Crippen LogP contribution in [-0.4, -0.2) is 19.7 Å². The smallest absolute Gasteiger partial charge is 0.319 e. The molecule has 116 valence electrons. The number of hydrogen-bond acceptors (Lipinski definition) is 2. The minimum Gasteiger partial charge on any atom is -0.497 e. The summed E-state index contributed by atoms with van der Waals surface area (Å²) < 4.78 is 5.12. The van der Waals surface area contributed by atoms with Crippen LogP contribution >= 0.6 is 11.6 Å². The van der Waals surface area contributed by atoms with Crippen molar-refractivity contribution >= 4 is 23.3 Å². The van der Waals surface area contributed by atoms with E-state index in [1.807, 2.05) is 24.3 Å². The molecule has 2 amide bonds. The Bertz CT molecular complexity index is 597. The lowest BCUT2D eigenvalue weighted by molar-refractivity contribution is 0.252. The van der Waals surface area contributed by atoms with Crippen molar-refractivity contribution in [2.75, 3.05) is 19.0 Å². The Morgan fingerprint density at radius 1 is 1.09 bits per heavy atom.